The predicted octanol–water partition coefficient (Wildman–Crippen LogP) is 2.41. The van der Waals surface area contributed by atoms with E-state index in [1.165, 1.54) is 0 Å². The molecule has 1 aliphatic rings. The number of nitrogens with one attached hydrogen (secondary N) is 1. The Morgan fingerprint density at radius 2 is 1.72 bits per heavy atom. The minimum atomic E-state index is -0.155. The molecule has 1 saturated heterocycles. The number of carbonyl (C=O) groups is 2. The van der Waals surface area contributed by atoms with Crippen molar-refractivity contribution in [3.63, 3.8) is 0 Å². The van der Waals surface area contributed by atoms with E-state index in [1.807, 2.05) is 53.4 Å². The number of carbonyl (C=O) groups excluding carboxylic acids is 2. The first-order valence-electron chi connectivity index (χ1n) is 8.51. The SMILES string of the molecule is O=C(NCCC(=O)N1CCO[C@@H](c2ccccc2)C1)c1ccccc1. The average molecular weight is 338 g/mol. The monoisotopic (exact) mass is 338 g/mol. The summed E-state index contributed by atoms with van der Waals surface area (Å²) in [5, 5.41) is 2.79. The second kappa shape index (κ2) is 8.44. The van der Waals surface area contributed by atoms with E-state index in [9.17, 15) is 9.59 Å². The first-order valence-corrected chi connectivity index (χ1v) is 8.51. The molecule has 1 atom stereocenters. The lowest BCUT2D eigenvalue weighted by atomic mass is 10.1. The van der Waals surface area contributed by atoms with Crippen molar-refractivity contribution in [2.45, 2.75) is 12.5 Å². The molecule has 1 N–H and O–H groups in total. The van der Waals surface area contributed by atoms with Gasteiger partial charge in [-0.05, 0) is 17.7 Å². The van der Waals surface area contributed by atoms with Gasteiger partial charge in [-0.2, -0.15) is 0 Å². The van der Waals surface area contributed by atoms with Gasteiger partial charge in [0.2, 0.25) is 5.91 Å². The lowest BCUT2D eigenvalue weighted by molar-refractivity contribution is -0.138. The van der Waals surface area contributed by atoms with E-state index in [2.05, 4.69) is 5.32 Å². The van der Waals surface area contributed by atoms with Gasteiger partial charge in [-0.25, -0.2) is 0 Å². The van der Waals surface area contributed by atoms with Gasteiger partial charge in [0.05, 0.1) is 13.2 Å². The van der Waals surface area contributed by atoms with Crippen LogP contribution in [0.15, 0.2) is 60.7 Å². The summed E-state index contributed by atoms with van der Waals surface area (Å²) in [4.78, 5) is 26.2. The highest BCUT2D eigenvalue weighted by Crippen LogP contribution is 2.22. The van der Waals surface area contributed by atoms with Gasteiger partial charge >= 0.3 is 0 Å². The van der Waals surface area contributed by atoms with Crippen LogP contribution in [-0.4, -0.2) is 43.0 Å². The molecule has 2 aromatic carbocycles. The van der Waals surface area contributed by atoms with Crippen LogP contribution in [0.1, 0.15) is 28.4 Å². The summed E-state index contributed by atoms with van der Waals surface area (Å²) in [6.45, 7) is 2.01. The maximum atomic E-state index is 12.4. The first-order chi connectivity index (χ1) is 12.2. The number of morpholine rings is 1. The van der Waals surface area contributed by atoms with Crippen LogP contribution in [0.5, 0.6) is 0 Å². The van der Waals surface area contributed by atoms with Gasteiger partial charge < -0.3 is 15.0 Å². The third-order valence-corrected chi connectivity index (χ3v) is 4.25. The zero-order valence-electron chi connectivity index (χ0n) is 14.1. The Bertz CT molecular complexity index is 703. The number of nitrogens with zero attached hydrogens (tertiary/aromatic N) is 1. The van der Waals surface area contributed by atoms with Crippen LogP contribution in [0.25, 0.3) is 0 Å². The molecule has 5 heteroatoms. The second-order valence-corrected chi connectivity index (χ2v) is 5.98. The van der Waals surface area contributed by atoms with Crippen LogP contribution in [0.3, 0.4) is 0 Å². The first kappa shape index (κ1) is 17.2. The Kier molecular flexibility index (Phi) is 5.80. The highest BCUT2D eigenvalue weighted by atomic mass is 16.5. The van der Waals surface area contributed by atoms with Gasteiger partial charge in [-0.1, -0.05) is 48.5 Å². The molecule has 0 bridgehead atoms. The van der Waals surface area contributed by atoms with Crippen LogP contribution in [-0.2, 0) is 9.53 Å². The Hall–Kier alpha value is -2.66. The molecule has 2 amide bonds. The maximum Gasteiger partial charge on any atom is 0.251 e. The van der Waals surface area contributed by atoms with Crippen molar-refractivity contribution in [1.29, 1.82) is 0 Å². The molecule has 0 unspecified atom stereocenters. The molecule has 2 aromatic rings. The zero-order chi connectivity index (χ0) is 17.5. The van der Waals surface area contributed by atoms with E-state index in [4.69, 9.17) is 4.74 Å². The standard InChI is InChI=1S/C20H22N2O3/c23-19(11-12-21-20(24)17-9-5-2-6-10-17)22-13-14-25-18(15-22)16-7-3-1-4-8-16/h1-10,18H,11-15H2,(H,21,24)/t18-/m1/s1. The van der Waals surface area contributed by atoms with E-state index in [1.54, 1.807) is 12.1 Å². The van der Waals surface area contributed by atoms with Crippen molar-refractivity contribution in [2.24, 2.45) is 0 Å². The largest absolute Gasteiger partial charge is 0.370 e. The topological polar surface area (TPSA) is 58.6 Å². The Morgan fingerprint density at radius 3 is 2.44 bits per heavy atom. The summed E-state index contributed by atoms with van der Waals surface area (Å²) in [7, 11) is 0. The molecule has 0 saturated carbocycles. The van der Waals surface area contributed by atoms with Crippen molar-refractivity contribution < 1.29 is 14.3 Å². The van der Waals surface area contributed by atoms with Crippen LogP contribution in [0.2, 0.25) is 0 Å². The Balaban J connectivity index is 1.47. The summed E-state index contributed by atoms with van der Waals surface area (Å²) < 4.78 is 5.78. The fourth-order valence-electron chi connectivity index (χ4n) is 2.88. The maximum absolute atomic E-state index is 12.4. The minimum Gasteiger partial charge on any atom is -0.370 e. The molecule has 0 aromatic heterocycles. The summed E-state index contributed by atoms with van der Waals surface area (Å²) >= 11 is 0. The minimum absolute atomic E-state index is 0.0394. The number of amides is 2. The number of ether oxygens (including phenoxy) is 1. The van der Waals surface area contributed by atoms with Gasteiger partial charge in [0.25, 0.3) is 5.91 Å². The number of hydrogen-bond donors (Lipinski definition) is 1. The van der Waals surface area contributed by atoms with Gasteiger partial charge in [-0.15, -0.1) is 0 Å². The molecular weight excluding hydrogens is 316 g/mol. The van der Waals surface area contributed by atoms with Crippen molar-refractivity contribution in [3.05, 3.63) is 71.8 Å². The third-order valence-electron chi connectivity index (χ3n) is 4.25. The molecule has 0 radical (unpaired) electrons. The molecule has 1 aliphatic heterocycles. The predicted molar refractivity (Wildman–Crippen MR) is 95.1 cm³/mol. The number of rotatable bonds is 5. The summed E-state index contributed by atoms with van der Waals surface area (Å²) in [6.07, 6.45) is 0.206. The molecule has 3 rings (SSSR count). The van der Waals surface area contributed by atoms with Gasteiger partial charge in [0, 0.05) is 25.1 Å². The van der Waals surface area contributed by atoms with Crippen LogP contribution < -0.4 is 5.32 Å². The van der Waals surface area contributed by atoms with Crippen LogP contribution in [0, 0.1) is 0 Å². The van der Waals surface area contributed by atoms with Crippen molar-refractivity contribution >= 4 is 11.8 Å². The molecule has 130 valence electrons. The molecule has 5 nitrogen and oxygen atoms in total. The number of hydrogen-bond acceptors (Lipinski definition) is 3. The van der Waals surface area contributed by atoms with Crippen molar-refractivity contribution in [3.8, 4) is 0 Å². The van der Waals surface area contributed by atoms with Crippen molar-refractivity contribution in [1.82, 2.24) is 10.2 Å². The van der Waals surface area contributed by atoms with Gasteiger partial charge in [0.1, 0.15) is 6.10 Å². The van der Waals surface area contributed by atoms with E-state index in [0.29, 0.717) is 38.2 Å². The van der Waals surface area contributed by atoms with E-state index >= 15 is 0 Å². The zero-order valence-corrected chi connectivity index (χ0v) is 14.1. The molecular formula is C20H22N2O3. The normalized spacial score (nSPS) is 17.1. The van der Waals surface area contributed by atoms with Gasteiger partial charge in [-0.3, -0.25) is 9.59 Å². The fourth-order valence-corrected chi connectivity index (χ4v) is 2.88. The van der Waals surface area contributed by atoms with Gasteiger partial charge in [0.15, 0.2) is 0 Å². The highest BCUT2D eigenvalue weighted by Gasteiger charge is 2.25. The van der Waals surface area contributed by atoms with E-state index in [-0.39, 0.29) is 17.9 Å². The molecule has 0 aliphatic carbocycles. The van der Waals surface area contributed by atoms with E-state index < -0.39 is 0 Å². The van der Waals surface area contributed by atoms with Crippen LogP contribution in [0.4, 0.5) is 0 Å². The second-order valence-electron chi connectivity index (χ2n) is 5.98. The lowest BCUT2D eigenvalue weighted by Crippen LogP contribution is -2.43. The number of benzene rings is 2. The lowest BCUT2D eigenvalue weighted by Gasteiger charge is -2.33. The summed E-state index contributed by atoms with van der Waals surface area (Å²) in [6, 6.07) is 18.9. The summed E-state index contributed by atoms with van der Waals surface area (Å²) in [5.74, 6) is -0.116. The molecule has 1 fully saturated rings. The third kappa shape index (κ3) is 4.67. The molecule has 25 heavy (non-hydrogen) atoms. The highest BCUT2D eigenvalue weighted by molar-refractivity contribution is 5.94. The molecule has 0 spiro atoms. The summed E-state index contributed by atoms with van der Waals surface area (Å²) in [5.41, 5.74) is 1.68. The Morgan fingerprint density at radius 1 is 1.04 bits per heavy atom. The molecule has 1 heterocycles. The van der Waals surface area contributed by atoms with E-state index in [0.717, 1.165) is 5.56 Å². The average Bonchev–Trinajstić information content (AvgIpc) is 2.69. The quantitative estimate of drug-likeness (QED) is 0.911. The van der Waals surface area contributed by atoms with Crippen LogP contribution >= 0.6 is 0 Å². The smallest absolute Gasteiger partial charge is 0.251 e. The van der Waals surface area contributed by atoms with Crippen molar-refractivity contribution in [2.75, 3.05) is 26.2 Å². The Labute approximate surface area is 147 Å². The fraction of sp³-hybridized carbons (Fsp3) is 0.300.